The molecule has 2 nitrogen and oxygen atoms in total. The molecule has 0 spiro atoms. The molecule has 4 atom stereocenters. The number of aliphatic hydroxyl groups excluding tert-OH is 1. The Hall–Kier alpha value is -0.0200. The van der Waals surface area contributed by atoms with Crippen molar-refractivity contribution in [3.63, 3.8) is 0 Å². The van der Waals surface area contributed by atoms with Crippen LogP contribution in [-0.4, -0.2) is 22.1 Å². The van der Waals surface area contributed by atoms with E-state index in [9.17, 15) is 9.90 Å². The highest BCUT2D eigenvalue weighted by molar-refractivity contribution is 8.00. The van der Waals surface area contributed by atoms with E-state index >= 15 is 0 Å². The van der Waals surface area contributed by atoms with Crippen molar-refractivity contribution >= 4 is 17.5 Å². The quantitative estimate of drug-likeness (QED) is 0.684. The lowest BCUT2D eigenvalue weighted by atomic mass is 9.92. The van der Waals surface area contributed by atoms with Gasteiger partial charge in [-0.25, -0.2) is 0 Å². The fraction of sp³-hybridized carbons (Fsp3) is 0.933. The van der Waals surface area contributed by atoms with Crippen LogP contribution in [0.5, 0.6) is 0 Å². The third kappa shape index (κ3) is 3.74. The molecule has 106 valence electrons. The summed E-state index contributed by atoms with van der Waals surface area (Å²) < 4.78 is 0. The topological polar surface area (TPSA) is 37.3 Å². The zero-order chi connectivity index (χ0) is 13.9. The van der Waals surface area contributed by atoms with Crippen molar-refractivity contribution in [2.24, 2.45) is 23.2 Å². The first-order valence-electron chi connectivity index (χ1n) is 7.15. The van der Waals surface area contributed by atoms with Gasteiger partial charge in [-0.15, -0.1) is 11.8 Å². The molecule has 4 unspecified atom stereocenters. The highest BCUT2D eigenvalue weighted by Gasteiger charge is 2.55. The third-order valence-electron chi connectivity index (χ3n) is 4.68. The molecule has 1 N–H and O–H groups in total. The van der Waals surface area contributed by atoms with Crippen molar-refractivity contribution in [2.45, 2.75) is 59.3 Å². The van der Waals surface area contributed by atoms with E-state index in [0.29, 0.717) is 17.6 Å². The van der Waals surface area contributed by atoms with Crippen LogP contribution in [0.3, 0.4) is 0 Å². The zero-order valence-electron chi connectivity index (χ0n) is 12.4. The molecule has 1 saturated carbocycles. The molecule has 1 rings (SSSR count). The van der Waals surface area contributed by atoms with Gasteiger partial charge in [-0.2, -0.15) is 0 Å². The Morgan fingerprint density at radius 2 is 2.06 bits per heavy atom. The van der Waals surface area contributed by atoms with Crippen molar-refractivity contribution in [3.05, 3.63) is 0 Å². The van der Waals surface area contributed by atoms with Gasteiger partial charge in [-0.3, -0.25) is 4.79 Å². The van der Waals surface area contributed by atoms with Gasteiger partial charge < -0.3 is 5.11 Å². The summed E-state index contributed by atoms with van der Waals surface area (Å²) in [7, 11) is 0. The standard InChI is InChI=1S/C15H28O2S/c1-6-7-11(4)13(16)9-18-14(17)12-8-15(12,5)10(2)3/h10-12,14,17H,6-9H2,1-5H3. The van der Waals surface area contributed by atoms with Crippen molar-refractivity contribution in [3.8, 4) is 0 Å². The number of aliphatic hydroxyl groups is 1. The number of hydrogen-bond donors (Lipinski definition) is 1. The Balaban J connectivity index is 2.31. The van der Waals surface area contributed by atoms with Crippen molar-refractivity contribution in [1.29, 1.82) is 0 Å². The van der Waals surface area contributed by atoms with Crippen LogP contribution in [-0.2, 0) is 4.79 Å². The first-order valence-corrected chi connectivity index (χ1v) is 8.20. The lowest BCUT2D eigenvalue weighted by molar-refractivity contribution is -0.120. The van der Waals surface area contributed by atoms with Crippen molar-refractivity contribution in [2.75, 3.05) is 5.75 Å². The molecule has 18 heavy (non-hydrogen) atoms. The van der Waals surface area contributed by atoms with Gasteiger partial charge in [-0.1, -0.05) is 41.0 Å². The molecule has 0 aromatic carbocycles. The minimum absolute atomic E-state index is 0.144. The Morgan fingerprint density at radius 1 is 1.44 bits per heavy atom. The van der Waals surface area contributed by atoms with E-state index in [0.717, 1.165) is 19.3 Å². The molecule has 1 fully saturated rings. The van der Waals surface area contributed by atoms with Crippen LogP contribution in [0.25, 0.3) is 0 Å². The summed E-state index contributed by atoms with van der Waals surface area (Å²) in [6, 6.07) is 0. The molecule has 0 bridgehead atoms. The average molecular weight is 272 g/mol. The minimum Gasteiger partial charge on any atom is -0.382 e. The number of ketones is 1. The maximum absolute atomic E-state index is 11.8. The fourth-order valence-corrected chi connectivity index (χ4v) is 3.78. The van der Waals surface area contributed by atoms with Gasteiger partial charge in [0.05, 0.1) is 5.75 Å². The Kier molecular flexibility index (Phi) is 5.72. The number of carbonyl (C=O) groups is 1. The normalized spacial score (nSPS) is 30.3. The third-order valence-corrected chi connectivity index (χ3v) is 5.80. The summed E-state index contributed by atoms with van der Waals surface area (Å²) in [4.78, 5) is 11.8. The van der Waals surface area contributed by atoms with Gasteiger partial charge in [0.2, 0.25) is 0 Å². The van der Waals surface area contributed by atoms with Gasteiger partial charge in [0.15, 0.2) is 0 Å². The van der Waals surface area contributed by atoms with E-state index in [2.05, 4.69) is 27.7 Å². The number of rotatable bonds is 8. The molecule has 0 saturated heterocycles. The van der Waals surface area contributed by atoms with Gasteiger partial charge in [-0.05, 0) is 24.2 Å². The molecule has 0 heterocycles. The Morgan fingerprint density at radius 3 is 2.50 bits per heavy atom. The molecular weight excluding hydrogens is 244 g/mol. The van der Waals surface area contributed by atoms with Crippen LogP contribution >= 0.6 is 11.8 Å². The molecule has 0 aliphatic heterocycles. The van der Waals surface area contributed by atoms with Gasteiger partial charge >= 0.3 is 0 Å². The SMILES string of the molecule is CCCC(C)C(=O)CSC(O)C1CC1(C)C(C)C. The van der Waals surface area contributed by atoms with E-state index in [4.69, 9.17) is 0 Å². The number of thioether (sulfide) groups is 1. The van der Waals surface area contributed by atoms with Crippen molar-refractivity contribution < 1.29 is 9.90 Å². The second-order valence-electron chi connectivity index (χ2n) is 6.33. The first kappa shape index (κ1) is 16.0. The Bertz CT molecular complexity index is 290. The molecule has 1 aliphatic carbocycles. The Labute approximate surface area is 116 Å². The van der Waals surface area contributed by atoms with Gasteiger partial charge in [0.25, 0.3) is 0 Å². The summed E-state index contributed by atoms with van der Waals surface area (Å²) in [5.41, 5.74) is -0.0833. The molecule has 1 aliphatic rings. The number of hydrogen-bond acceptors (Lipinski definition) is 3. The largest absolute Gasteiger partial charge is 0.382 e. The lowest BCUT2D eigenvalue weighted by Gasteiger charge is -2.19. The highest BCUT2D eigenvalue weighted by Crippen LogP contribution is 2.60. The number of carbonyl (C=O) groups excluding carboxylic acids is 1. The van der Waals surface area contributed by atoms with E-state index in [1.807, 2.05) is 6.92 Å². The van der Waals surface area contributed by atoms with E-state index in [-0.39, 0.29) is 22.6 Å². The molecule has 0 amide bonds. The summed E-state index contributed by atoms with van der Waals surface area (Å²) in [5.74, 6) is 1.87. The monoisotopic (exact) mass is 272 g/mol. The predicted molar refractivity (Wildman–Crippen MR) is 78.6 cm³/mol. The zero-order valence-corrected chi connectivity index (χ0v) is 13.2. The molecule has 3 heteroatoms. The molecule has 0 aromatic rings. The van der Waals surface area contributed by atoms with Crippen LogP contribution < -0.4 is 0 Å². The van der Waals surface area contributed by atoms with Crippen LogP contribution in [0.4, 0.5) is 0 Å². The van der Waals surface area contributed by atoms with Crippen LogP contribution in [0.1, 0.15) is 53.9 Å². The van der Waals surface area contributed by atoms with E-state index < -0.39 is 0 Å². The van der Waals surface area contributed by atoms with Crippen LogP contribution in [0.2, 0.25) is 0 Å². The lowest BCUT2D eigenvalue weighted by Crippen LogP contribution is -2.19. The maximum Gasteiger partial charge on any atom is 0.145 e. The minimum atomic E-state index is -0.366. The number of Topliss-reactive ketones (excluding diaryl/α,β-unsaturated/α-hetero) is 1. The fourth-order valence-electron chi connectivity index (χ4n) is 2.53. The van der Waals surface area contributed by atoms with Crippen LogP contribution in [0.15, 0.2) is 0 Å². The first-order chi connectivity index (χ1) is 8.32. The second kappa shape index (κ2) is 6.42. The average Bonchev–Trinajstić information content (AvgIpc) is 3.00. The van der Waals surface area contributed by atoms with E-state index in [1.54, 1.807) is 0 Å². The molecule has 0 aromatic heterocycles. The van der Waals surface area contributed by atoms with Crippen LogP contribution in [0, 0.1) is 23.2 Å². The molecular formula is C15H28O2S. The summed E-state index contributed by atoms with van der Waals surface area (Å²) >= 11 is 1.44. The van der Waals surface area contributed by atoms with Gasteiger partial charge in [0.1, 0.15) is 11.2 Å². The summed E-state index contributed by atoms with van der Waals surface area (Å²) in [6.07, 6.45) is 3.11. The maximum atomic E-state index is 11.8. The predicted octanol–water partition coefficient (Wildman–Crippen LogP) is 3.73. The highest BCUT2D eigenvalue weighted by atomic mass is 32.2. The second-order valence-corrected chi connectivity index (χ2v) is 7.43. The van der Waals surface area contributed by atoms with Crippen molar-refractivity contribution in [1.82, 2.24) is 0 Å². The summed E-state index contributed by atoms with van der Waals surface area (Å²) in [5, 5.41) is 10.1. The smallest absolute Gasteiger partial charge is 0.145 e. The molecule has 0 radical (unpaired) electrons. The van der Waals surface area contributed by atoms with E-state index in [1.165, 1.54) is 11.8 Å². The van der Waals surface area contributed by atoms with Gasteiger partial charge in [0, 0.05) is 11.8 Å². The summed E-state index contributed by atoms with van der Waals surface area (Å²) in [6.45, 7) is 10.8.